The van der Waals surface area contributed by atoms with E-state index in [0.717, 1.165) is 29.4 Å². The third-order valence-corrected chi connectivity index (χ3v) is 2.66. The number of nitrogens with two attached hydrogens (primary N) is 1. The summed E-state index contributed by atoms with van der Waals surface area (Å²) in [6, 6.07) is 8.20. The van der Waals surface area contributed by atoms with E-state index in [4.69, 9.17) is 10.3 Å². The number of para-hydroxylation sites is 1. The van der Waals surface area contributed by atoms with Crippen LogP contribution in [-0.2, 0) is 0 Å². The highest BCUT2D eigenvalue weighted by atomic mass is 16.3. The van der Waals surface area contributed by atoms with Gasteiger partial charge in [0, 0.05) is 17.0 Å². The highest BCUT2D eigenvalue weighted by Gasteiger charge is 2.14. The van der Waals surface area contributed by atoms with Crippen molar-refractivity contribution in [2.45, 2.75) is 25.8 Å². The van der Waals surface area contributed by atoms with E-state index in [1.807, 2.05) is 18.2 Å². The first-order valence-electron chi connectivity index (χ1n) is 5.29. The fraction of sp³-hybridized carbons (Fsp3) is 0.333. The first kappa shape index (κ1) is 10.2. The lowest BCUT2D eigenvalue weighted by Crippen LogP contribution is -2.27. The highest BCUT2D eigenvalue weighted by molar-refractivity contribution is 5.81. The van der Waals surface area contributed by atoms with Crippen molar-refractivity contribution in [3.05, 3.63) is 36.1 Å². The zero-order valence-corrected chi connectivity index (χ0v) is 8.86. The Labute approximate surface area is 89.2 Å². The SMILES string of the molecule is CCCC(NN)c1coc2ccccc12. The van der Waals surface area contributed by atoms with Crippen LogP contribution in [0.15, 0.2) is 34.9 Å². The van der Waals surface area contributed by atoms with Crippen molar-refractivity contribution < 1.29 is 4.42 Å². The molecule has 0 saturated heterocycles. The molecule has 2 aromatic rings. The van der Waals surface area contributed by atoms with Gasteiger partial charge in [-0.2, -0.15) is 0 Å². The van der Waals surface area contributed by atoms with Crippen LogP contribution < -0.4 is 11.3 Å². The lowest BCUT2D eigenvalue weighted by Gasteiger charge is -2.12. The minimum Gasteiger partial charge on any atom is -0.464 e. The zero-order chi connectivity index (χ0) is 10.7. The number of rotatable bonds is 4. The Kier molecular flexibility index (Phi) is 3.04. The van der Waals surface area contributed by atoms with Gasteiger partial charge in [-0.05, 0) is 12.5 Å². The lowest BCUT2D eigenvalue weighted by molar-refractivity contribution is 0.502. The second-order valence-electron chi connectivity index (χ2n) is 3.70. The molecule has 3 N–H and O–H groups in total. The maximum Gasteiger partial charge on any atom is 0.134 e. The van der Waals surface area contributed by atoms with Crippen molar-refractivity contribution in [3.63, 3.8) is 0 Å². The Morgan fingerprint density at radius 3 is 2.93 bits per heavy atom. The quantitative estimate of drug-likeness (QED) is 0.594. The summed E-state index contributed by atoms with van der Waals surface area (Å²) in [5.41, 5.74) is 4.91. The summed E-state index contributed by atoms with van der Waals surface area (Å²) in [4.78, 5) is 0. The summed E-state index contributed by atoms with van der Waals surface area (Å²) in [6.07, 6.45) is 3.90. The van der Waals surface area contributed by atoms with E-state index in [1.54, 1.807) is 6.26 Å². The van der Waals surface area contributed by atoms with Gasteiger partial charge in [0.05, 0.1) is 6.26 Å². The second-order valence-corrected chi connectivity index (χ2v) is 3.70. The molecule has 0 aliphatic heterocycles. The van der Waals surface area contributed by atoms with Gasteiger partial charge in [-0.15, -0.1) is 0 Å². The molecule has 15 heavy (non-hydrogen) atoms. The molecule has 0 amide bonds. The summed E-state index contributed by atoms with van der Waals surface area (Å²) in [6.45, 7) is 2.15. The summed E-state index contributed by atoms with van der Waals surface area (Å²) < 4.78 is 5.48. The standard InChI is InChI=1S/C12H16N2O/c1-2-5-11(14-13)10-8-15-12-7-4-3-6-9(10)12/h3-4,6-8,11,14H,2,5,13H2,1H3. The average molecular weight is 204 g/mol. The summed E-state index contributed by atoms with van der Waals surface area (Å²) in [5.74, 6) is 5.55. The predicted molar refractivity (Wildman–Crippen MR) is 61.2 cm³/mol. The third-order valence-electron chi connectivity index (χ3n) is 2.66. The highest BCUT2D eigenvalue weighted by Crippen LogP contribution is 2.28. The van der Waals surface area contributed by atoms with Crippen LogP contribution >= 0.6 is 0 Å². The minimum atomic E-state index is 0.179. The Hall–Kier alpha value is -1.32. The molecule has 1 atom stereocenters. The molecule has 0 spiro atoms. The average Bonchev–Trinajstić information content (AvgIpc) is 2.70. The maximum atomic E-state index is 5.55. The van der Waals surface area contributed by atoms with Crippen molar-refractivity contribution in [1.82, 2.24) is 5.43 Å². The Morgan fingerprint density at radius 2 is 2.20 bits per heavy atom. The molecule has 80 valence electrons. The summed E-state index contributed by atoms with van der Waals surface area (Å²) >= 11 is 0. The van der Waals surface area contributed by atoms with E-state index < -0.39 is 0 Å². The molecule has 3 nitrogen and oxygen atoms in total. The van der Waals surface area contributed by atoms with Gasteiger partial charge in [0.25, 0.3) is 0 Å². The predicted octanol–water partition coefficient (Wildman–Crippen LogP) is 2.74. The van der Waals surface area contributed by atoms with Crippen LogP contribution in [0.4, 0.5) is 0 Å². The second kappa shape index (κ2) is 4.47. The number of furan rings is 1. The Balaban J connectivity index is 2.41. The van der Waals surface area contributed by atoms with E-state index in [-0.39, 0.29) is 6.04 Å². The molecule has 1 aromatic heterocycles. The van der Waals surface area contributed by atoms with Gasteiger partial charge in [0.1, 0.15) is 5.58 Å². The van der Waals surface area contributed by atoms with Crippen LogP contribution in [0, 0.1) is 0 Å². The molecule has 0 bridgehead atoms. The summed E-state index contributed by atoms with van der Waals surface area (Å²) in [5, 5.41) is 1.15. The normalized spacial score (nSPS) is 13.2. The molecule has 0 saturated carbocycles. The van der Waals surface area contributed by atoms with Crippen molar-refractivity contribution in [1.29, 1.82) is 0 Å². The molecular formula is C12H16N2O. The Morgan fingerprint density at radius 1 is 1.40 bits per heavy atom. The van der Waals surface area contributed by atoms with Gasteiger partial charge in [-0.1, -0.05) is 31.5 Å². The number of nitrogens with one attached hydrogen (secondary N) is 1. The third kappa shape index (κ3) is 1.89. The molecule has 0 fully saturated rings. The molecule has 1 heterocycles. The lowest BCUT2D eigenvalue weighted by atomic mass is 10.0. The van der Waals surface area contributed by atoms with Crippen molar-refractivity contribution in [3.8, 4) is 0 Å². The molecule has 1 unspecified atom stereocenters. The smallest absolute Gasteiger partial charge is 0.134 e. The molecule has 1 aromatic carbocycles. The van der Waals surface area contributed by atoms with Gasteiger partial charge >= 0.3 is 0 Å². The van der Waals surface area contributed by atoms with Crippen LogP contribution in [0.1, 0.15) is 31.4 Å². The van der Waals surface area contributed by atoms with Crippen molar-refractivity contribution in [2.75, 3.05) is 0 Å². The molecule has 0 aliphatic carbocycles. The molecule has 0 radical (unpaired) electrons. The van der Waals surface area contributed by atoms with Crippen molar-refractivity contribution in [2.24, 2.45) is 5.84 Å². The van der Waals surface area contributed by atoms with Gasteiger partial charge < -0.3 is 4.42 Å². The van der Waals surface area contributed by atoms with Gasteiger partial charge in [0.15, 0.2) is 0 Å². The van der Waals surface area contributed by atoms with Gasteiger partial charge in [-0.3, -0.25) is 11.3 Å². The topological polar surface area (TPSA) is 51.2 Å². The number of hydrogen-bond donors (Lipinski definition) is 2. The van der Waals surface area contributed by atoms with Gasteiger partial charge in [-0.25, -0.2) is 0 Å². The molecule has 2 rings (SSSR count). The van der Waals surface area contributed by atoms with Gasteiger partial charge in [0.2, 0.25) is 0 Å². The molecule has 3 heteroatoms. The van der Waals surface area contributed by atoms with Crippen LogP contribution in [0.3, 0.4) is 0 Å². The van der Waals surface area contributed by atoms with E-state index in [1.165, 1.54) is 0 Å². The van der Waals surface area contributed by atoms with E-state index in [9.17, 15) is 0 Å². The van der Waals surface area contributed by atoms with Crippen LogP contribution in [0.5, 0.6) is 0 Å². The summed E-state index contributed by atoms with van der Waals surface area (Å²) in [7, 11) is 0. The minimum absolute atomic E-state index is 0.179. The Bertz CT molecular complexity index is 436. The molecular weight excluding hydrogens is 188 g/mol. The van der Waals surface area contributed by atoms with E-state index in [0.29, 0.717) is 0 Å². The zero-order valence-electron chi connectivity index (χ0n) is 8.86. The first-order valence-corrected chi connectivity index (χ1v) is 5.29. The fourth-order valence-electron chi connectivity index (χ4n) is 1.89. The van der Waals surface area contributed by atoms with E-state index >= 15 is 0 Å². The van der Waals surface area contributed by atoms with Crippen LogP contribution in [0.2, 0.25) is 0 Å². The first-order chi connectivity index (χ1) is 7.36. The number of fused-ring (bicyclic) bond motifs is 1. The number of hydrogen-bond acceptors (Lipinski definition) is 3. The molecule has 0 aliphatic rings. The van der Waals surface area contributed by atoms with Crippen LogP contribution in [0.25, 0.3) is 11.0 Å². The van der Waals surface area contributed by atoms with Crippen molar-refractivity contribution >= 4 is 11.0 Å². The van der Waals surface area contributed by atoms with E-state index in [2.05, 4.69) is 18.4 Å². The fourth-order valence-corrected chi connectivity index (χ4v) is 1.89. The monoisotopic (exact) mass is 204 g/mol. The maximum absolute atomic E-state index is 5.55. The van der Waals surface area contributed by atoms with Crippen LogP contribution in [-0.4, -0.2) is 0 Å². The number of hydrazine groups is 1. The number of benzene rings is 1. The largest absolute Gasteiger partial charge is 0.464 e.